The SMILES string of the molecule is CN(C)CCN(C(=O)c1ccc(S(=O)(=O)N2CCCCC2)cc1)c1nc2ccc(F)cc2s1.Cl. The predicted molar refractivity (Wildman–Crippen MR) is 136 cm³/mol. The lowest BCUT2D eigenvalue weighted by atomic mass is 10.2. The van der Waals surface area contributed by atoms with E-state index in [1.807, 2.05) is 19.0 Å². The minimum absolute atomic E-state index is 0. The second-order valence-corrected chi connectivity index (χ2v) is 11.3. The molecule has 1 aliphatic rings. The number of nitrogens with zero attached hydrogens (tertiary/aromatic N) is 4. The van der Waals surface area contributed by atoms with Gasteiger partial charge < -0.3 is 4.90 Å². The summed E-state index contributed by atoms with van der Waals surface area (Å²) in [6.45, 7) is 2.05. The Kier molecular flexibility index (Phi) is 8.64. The molecule has 1 fully saturated rings. The van der Waals surface area contributed by atoms with Crippen molar-refractivity contribution < 1.29 is 17.6 Å². The van der Waals surface area contributed by atoms with E-state index in [4.69, 9.17) is 0 Å². The van der Waals surface area contributed by atoms with Crippen LogP contribution in [0.5, 0.6) is 0 Å². The summed E-state index contributed by atoms with van der Waals surface area (Å²) >= 11 is 1.25. The second kappa shape index (κ2) is 11.1. The number of sulfonamides is 1. The molecular weight excluding hydrogens is 499 g/mol. The molecule has 0 unspecified atom stereocenters. The van der Waals surface area contributed by atoms with Gasteiger partial charge in [0, 0.05) is 31.7 Å². The number of anilines is 1. The molecule has 0 bridgehead atoms. The second-order valence-electron chi connectivity index (χ2n) is 8.36. The predicted octanol–water partition coefficient (Wildman–Crippen LogP) is 4.24. The van der Waals surface area contributed by atoms with Crippen LogP contribution >= 0.6 is 23.7 Å². The van der Waals surface area contributed by atoms with E-state index in [1.165, 1.54) is 39.9 Å². The Morgan fingerprint density at radius 3 is 2.38 bits per heavy atom. The fourth-order valence-corrected chi connectivity index (χ4v) is 6.30. The lowest BCUT2D eigenvalue weighted by molar-refractivity contribution is 0.0985. The molecule has 2 heterocycles. The molecule has 2 aromatic carbocycles. The number of amides is 1. The number of aromatic nitrogens is 1. The largest absolute Gasteiger partial charge is 0.308 e. The van der Waals surface area contributed by atoms with Gasteiger partial charge in [-0.2, -0.15) is 4.31 Å². The quantitative estimate of drug-likeness (QED) is 0.460. The van der Waals surface area contributed by atoms with E-state index in [9.17, 15) is 17.6 Å². The smallest absolute Gasteiger partial charge is 0.260 e. The van der Waals surface area contributed by atoms with Gasteiger partial charge in [0.25, 0.3) is 5.91 Å². The fourth-order valence-electron chi connectivity index (χ4n) is 3.77. The Morgan fingerprint density at radius 1 is 1.06 bits per heavy atom. The van der Waals surface area contributed by atoms with Gasteiger partial charge in [-0.05, 0) is 69.4 Å². The Balaban J connectivity index is 0.00000324. The van der Waals surface area contributed by atoms with Crippen LogP contribution in [-0.2, 0) is 10.0 Å². The summed E-state index contributed by atoms with van der Waals surface area (Å²) in [7, 11) is 0.263. The topological polar surface area (TPSA) is 73.8 Å². The minimum Gasteiger partial charge on any atom is -0.308 e. The molecule has 34 heavy (non-hydrogen) atoms. The first-order valence-corrected chi connectivity index (χ1v) is 13.1. The summed E-state index contributed by atoms with van der Waals surface area (Å²) < 4.78 is 41.6. The van der Waals surface area contributed by atoms with Gasteiger partial charge in [-0.25, -0.2) is 17.8 Å². The van der Waals surface area contributed by atoms with Crippen LogP contribution in [0.2, 0.25) is 0 Å². The van der Waals surface area contributed by atoms with E-state index < -0.39 is 10.0 Å². The molecule has 0 aliphatic carbocycles. The first-order chi connectivity index (χ1) is 15.8. The standard InChI is InChI=1S/C23H27FN4O3S2.ClH/c1-26(2)14-15-28(23-25-20-11-8-18(24)16-21(20)32-23)22(29)17-6-9-19(10-7-17)33(30,31)27-12-4-3-5-13-27;/h6-11,16H,3-5,12-15H2,1-2H3;1H. The Labute approximate surface area is 209 Å². The van der Waals surface area contributed by atoms with Crippen LogP contribution in [0, 0.1) is 5.82 Å². The van der Waals surface area contributed by atoms with Crippen molar-refractivity contribution in [3.05, 3.63) is 53.8 Å². The molecule has 0 N–H and O–H groups in total. The van der Waals surface area contributed by atoms with Crippen LogP contribution in [0.4, 0.5) is 9.52 Å². The van der Waals surface area contributed by atoms with Crippen molar-refractivity contribution in [1.82, 2.24) is 14.2 Å². The zero-order valence-corrected chi connectivity index (χ0v) is 21.6. The number of hydrogen-bond acceptors (Lipinski definition) is 6. The molecular formula is C23H28ClFN4O3S2. The molecule has 1 amide bonds. The molecule has 0 atom stereocenters. The number of halogens is 2. The van der Waals surface area contributed by atoms with Crippen LogP contribution < -0.4 is 4.90 Å². The molecule has 1 aromatic heterocycles. The van der Waals surface area contributed by atoms with Crippen molar-refractivity contribution in [2.75, 3.05) is 45.2 Å². The lowest BCUT2D eigenvalue weighted by Gasteiger charge is -2.26. The Bertz CT molecular complexity index is 1240. The maximum Gasteiger partial charge on any atom is 0.260 e. The summed E-state index contributed by atoms with van der Waals surface area (Å²) in [5.41, 5.74) is 0.999. The molecule has 184 valence electrons. The van der Waals surface area contributed by atoms with Crippen molar-refractivity contribution in [2.45, 2.75) is 24.2 Å². The maximum atomic E-state index is 13.6. The third-order valence-electron chi connectivity index (χ3n) is 5.64. The number of piperidine rings is 1. The number of fused-ring (bicyclic) bond motifs is 1. The van der Waals surface area contributed by atoms with Gasteiger partial charge >= 0.3 is 0 Å². The number of benzene rings is 2. The highest BCUT2D eigenvalue weighted by molar-refractivity contribution is 7.89. The van der Waals surface area contributed by atoms with Gasteiger partial charge in [0.15, 0.2) is 5.13 Å². The number of carbonyl (C=O) groups is 1. The average molecular weight is 527 g/mol. The fraction of sp³-hybridized carbons (Fsp3) is 0.391. The molecule has 7 nitrogen and oxygen atoms in total. The molecule has 0 saturated carbocycles. The Morgan fingerprint density at radius 2 is 1.74 bits per heavy atom. The van der Waals surface area contributed by atoms with E-state index in [0.717, 1.165) is 19.3 Å². The van der Waals surface area contributed by atoms with Gasteiger partial charge in [-0.3, -0.25) is 9.69 Å². The summed E-state index contributed by atoms with van der Waals surface area (Å²) in [5, 5.41) is 0.479. The van der Waals surface area contributed by atoms with Gasteiger partial charge in [-0.1, -0.05) is 17.8 Å². The van der Waals surface area contributed by atoms with E-state index in [2.05, 4.69) is 4.98 Å². The highest BCUT2D eigenvalue weighted by Gasteiger charge is 2.27. The monoisotopic (exact) mass is 526 g/mol. The van der Waals surface area contributed by atoms with E-state index in [-0.39, 0.29) is 29.0 Å². The van der Waals surface area contributed by atoms with Crippen molar-refractivity contribution in [2.24, 2.45) is 0 Å². The van der Waals surface area contributed by atoms with Crippen LogP contribution in [0.25, 0.3) is 10.2 Å². The summed E-state index contributed by atoms with van der Waals surface area (Å²) in [6, 6.07) is 10.4. The molecule has 0 radical (unpaired) electrons. The number of rotatable bonds is 7. The molecule has 1 aliphatic heterocycles. The van der Waals surface area contributed by atoms with Gasteiger partial charge in [-0.15, -0.1) is 12.4 Å². The van der Waals surface area contributed by atoms with Crippen molar-refractivity contribution >= 4 is 55.0 Å². The highest BCUT2D eigenvalue weighted by Crippen LogP contribution is 2.30. The zero-order chi connectivity index (χ0) is 23.6. The van der Waals surface area contributed by atoms with Crippen LogP contribution in [-0.4, -0.2) is 68.8 Å². The summed E-state index contributed by atoms with van der Waals surface area (Å²) in [4.78, 5) is 21.7. The zero-order valence-electron chi connectivity index (χ0n) is 19.1. The van der Waals surface area contributed by atoms with E-state index >= 15 is 0 Å². The van der Waals surface area contributed by atoms with Crippen molar-refractivity contribution in [3.63, 3.8) is 0 Å². The summed E-state index contributed by atoms with van der Waals surface area (Å²) in [5.74, 6) is -0.632. The molecule has 1 saturated heterocycles. The molecule has 4 rings (SSSR count). The number of hydrogen-bond donors (Lipinski definition) is 0. The molecule has 3 aromatic rings. The number of carbonyl (C=O) groups excluding carboxylic acids is 1. The third-order valence-corrected chi connectivity index (χ3v) is 8.59. The third kappa shape index (κ3) is 5.75. The highest BCUT2D eigenvalue weighted by atomic mass is 35.5. The number of likely N-dealkylation sites (N-methyl/N-ethyl adjacent to an activating group) is 1. The number of thiazole rings is 1. The van der Waals surface area contributed by atoms with Crippen molar-refractivity contribution in [3.8, 4) is 0 Å². The van der Waals surface area contributed by atoms with E-state index in [1.54, 1.807) is 23.1 Å². The van der Waals surface area contributed by atoms with Crippen LogP contribution in [0.1, 0.15) is 29.6 Å². The Hall–Kier alpha value is -2.11. The van der Waals surface area contributed by atoms with Crippen LogP contribution in [0.15, 0.2) is 47.4 Å². The first kappa shape index (κ1) is 26.5. The first-order valence-electron chi connectivity index (χ1n) is 10.9. The van der Waals surface area contributed by atoms with Gasteiger partial charge in [0.05, 0.1) is 15.1 Å². The summed E-state index contributed by atoms with van der Waals surface area (Å²) in [6.07, 6.45) is 2.77. The average Bonchev–Trinajstić information content (AvgIpc) is 3.22. The minimum atomic E-state index is -3.56. The van der Waals surface area contributed by atoms with Crippen LogP contribution in [0.3, 0.4) is 0 Å². The maximum absolute atomic E-state index is 13.6. The lowest BCUT2D eigenvalue weighted by Crippen LogP contribution is -2.37. The van der Waals surface area contributed by atoms with Gasteiger partial charge in [0.2, 0.25) is 10.0 Å². The normalized spacial score (nSPS) is 14.8. The molecule has 11 heteroatoms. The molecule has 0 spiro atoms. The van der Waals surface area contributed by atoms with E-state index in [0.29, 0.717) is 47.1 Å². The van der Waals surface area contributed by atoms with Crippen molar-refractivity contribution in [1.29, 1.82) is 0 Å². The van der Waals surface area contributed by atoms with Gasteiger partial charge in [0.1, 0.15) is 5.82 Å².